The van der Waals surface area contributed by atoms with Gasteiger partial charge in [-0.15, -0.1) is 5.10 Å². The van der Waals surface area contributed by atoms with Gasteiger partial charge in [0.2, 0.25) is 11.1 Å². The lowest BCUT2D eigenvalue weighted by Gasteiger charge is -2.10. The van der Waals surface area contributed by atoms with Crippen LogP contribution in [0.5, 0.6) is 0 Å². The zero-order valence-corrected chi connectivity index (χ0v) is 13.6. The molecule has 0 spiro atoms. The van der Waals surface area contributed by atoms with Gasteiger partial charge in [-0.3, -0.25) is 9.89 Å². The Labute approximate surface area is 137 Å². The van der Waals surface area contributed by atoms with E-state index in [4.69, 9.17) is 16.9 Å². The molecule has 0 aliphatic heterocycles. The van der Waals surface area contributed by atoms with Crippen molar-refractivity contribution >= 4 is 35.0 Å². The number of nitrogens with zero attached hydrogens (tertiary/aromatic N) is 3. The molecule has 2 rings (SSSR count). The molecule has 1 amide bonds. The fourth-order valence-corrected chi connectivity index (χ4v) is 2.59. The maximum absolute atomic E-state index is 12.2. The summed E-state index contributed by atoms with van der Waals surface area (Å²) < 4.78 is 0. The zero-order valence-electron chi connectivity index (χ0n) is 12.1. The number of carbonyl (C=O) groups is 1. The van der Waals surface area contributed by atoms with Gasteiger partial charge in [-0.25, -0.2) is 4.98 Å². The Morgan fingerprint density at radius 3 is 2.95 bits per heavy atom. The first-order valence-electron chi connectivity index (χ1n) is 6.62. The van der Waals surface area contributed by atoms with E-state index in [-0.39, 0.29) is 11.2 Å². The van der Waals surface area contributed by atoms with Crippen LogP contribution in [-0.2, 0) is 11.2 Å². The maximum Gasteiger partial charge on any atom is 0.237 e. The Kier molecular flexibility index (Phi) is 5.41. The summed E-state index contributed by atoms with van der Waals surface area (Å²) in [5.41, 5.74) is 0.917. The van der Waals surface area contributed by atoms with Crippen LogP contribution in [0.15, 0.2) is 23.4 Å². The Morgan fingerprint density at radius 2 is 2.36 bits per heavy atom. The number of hydrogen-bond acceptors (Lipinski definition) is 5. The van der Waals surface area contributed by atoms with Crippen LogP contribution in [0.1, 0.15) is 25.2 Å². The highest BCUT2D eigenvalue weighted by Gasteiger charge is 2.17. The van der Waals surface area contributed by atoms with Crippen molar-refractivity contribution in [3.05, 3.63) is 34.6 Å². The molecule has 2 aromatic rings. The monoisotopic (exact) mass is 335 g/mol. The number of aromatic nitrogens is 3. The number of anilines is 1. The number of aromatic amines is 1. The maximum atomic E-state index is 12.2. The van der Waals surface area contributed by atoms with Gasteiger partial charge in [0.25, 0.3) is 0 Å². The third-order valence-corrected chi connectivity index (χ3v) is 4.13. The summed E-state index contributed by atoms with van der Waals surface area (Å²) in [6.07, 6.45) is 0.762. The molecule has 0 saturated carbocycles. The lowest BCUT2D eigenvalue weighted by Crippen LogP contribution is -2.22. The number of H-pyrrole nitrogens is 1. The summed E-state index contributed by atoms with van der Waals surface area (Å²) >= 11 is 7.21. The SMILES string of the molecule is CCc1nc(S[C@@H](C)C(=O)Nc2ccc(C#N)c(Cl)c2)n[nH]1. The molecule has 1 aromatic carbocycles. The van der Waals surface area contributed by atoms with Crippen LogP contribution in [0.2, 0.25) is 5.02 Å². The molecule has 1 aromatic heterocycles. The minimum Gasteiger partial charge on any atom is -0.325 e. The van der Waals surface area contributed by atoms with Crippen LogP contribution in [0.25, 0.3) is 0 Å². The lowest BCUT2D eigenvalue weighted by atomic mass is 10.2. The number of nitrogens with one attached hydrogen (secondary N) is 2. The molecule has 0 unspecified atom stereocenters. The quantitative estimate of drug-likeness (QED) is 0.819. The van der Waals surface area contributed by atoms with E-state index in [0.29, 0.717) is 21.4 Å². The highest BCUT2D eigenvalue weighted by atomic mass is 35.5. The predicted molar refractivity (Wildman–Crippen MR) is 85.9 cm³/mol. The molecular formula is C14H14ClN5OS. The van der Waals surface area contributed by atoms with Crippen LogP contribution in [0.3, 0.4) is 0 Å². The van der Waals surface area contributed by atoms with E-state index in [1.54, 1.807) is 25.1 Å². The Balaban J connectivity index is 1.99. The van der Waals surface area contributed by atoms with Gasteiger partial charge >= 0.3 is 0 Å². The Bertz CT molecular complexity index is 724. The fraction of sp³-hybridized carbons (Fsp3) is 0.286. The summed E-state index contributed by atoms with van der Waals surface area (Å²) in [6, 6.07) is 6.73. The number of carbonyl (C=O) groups excluding carboxylic acids is 1. The van der Waals surface area contributed by atoms with E-state index in [9.17, 15) is 4.79 Å². The minimum absolute atomic E-state index is 0.186. The molecule has 0 aliphatic rings. The molecule has 0 radical (unpaired) electrons. The van der Waals surface area contributed by atoms with E-state index in [0.717, 1.165) is 12.2 Å². The summed E-state index contributed by atoms with van der Waals surface area (Å²) in [4.78, 5) is 16.4. The van der Waals surface area contributed by atoms with Crippen LogP contribution >= 0.6 is 23.4 Å². The van der Waals surface area contributed by atoms with Crippen molar-refractivity contribution in [1.82, 2.24) is 15.2 Å². The average molecular weight is 336 g/mol. The van der Waals surface area contributed by atoms with Gasteiger partial charge in [-0.1, -0.05) is 30.3 Å². The largest absolute Gasteiger partial charge is 0.325 e. The van der Waals surface area contributed by atoms with Crippen LogP contribution in [0.4, 0.5) is 5.69 Å². The third kappa shape index (κ3) is 4.00. The van der Waals surface area contributed by atoms with Crippen LogP contribution in [-0.4, -0.2) is 26.3 Å². The number of thioether (sulfide) groups is 1. The summed E-state index contributed by atoms with van der Waals surface area (Å²) in [5.74, 6) is 0.600. The van der Waals surface area contributed by atoms with Crippen LogP contribution < -0.4 is 5.32 Å². The van der Waals surface area contributed by atoms with Crippen molar-refractivity contribution in [2.75, 3.05) is 5.32 Å². The second-order valence-electron chi connectivity index (χ2n) is 4.47. The summed E-state index contributed by atoms with van der Waals surface area (Å²) in [6.45, 7) is 3.74. The molecule has 0 fully saturated rings. The molecule has 2 N–H and O–H groups in total. The van der Waals surface area contributed by atoms with Crippen molar-refractivity contribution < 1.29 is 4.79 Å². The number of amides is 1. The summed E-state index contributed by atoms with van der Waals surface area (Å²) in [7, 11) is 0. The van der Waals surface area contributed by atoms with Crippen molar-refractivity contribution in [2.45, 2.75) is 30.7 Å². The van der Waals surface area contributed by atoms with Gasteiger partial charge in [0.15, 0.2) is 0 Å². The molecule has 114 valence electrons. The summed E-state index contributed by atoms with van der Waals surface area (Å²) in [5, 5.41) is 18.9. The van der Waals surface area contributed by atoms with Gasteiger partial charge in [-0.2, -0.15) is 5.26 Å². The van der Waals surface area contributed by atoms with E-state index in [2.05, 4.69) is 20.5 Å². The van der Waals surface area contributed by atoms with Gasteiger partial charge in [0, 0.05) is 12.1 Å². The minimum atomic E-state index is -0.366. The Morgan fingerprint density at radius 1 is 1.59 bits per heavy atom. The van der Waals surface area contributed by atoms with E-state index in [1.165, 1.54) is 11.8 Å². The van der Waals surface area contributed by atoms with Crippen molar-refractivity contribution in [3.63, 3.8) is 0 Å². The number of benzene rings is 1. The molecule has 1 atom stereocenters. The fourth-order valence-electron chi connectivity index (χ4n) is 1.63. The van der Waals surface area contributed by atoms with E-state index in [1.807, 2.05) is 13.0 Å². The molecule has 1 heterocycles. The topological polar surface area (TPSA) is 94.5 Å². The molecule has 6 nitrogen and oxygen atoms in total. The van der Waals surface area contributed by atoms with E-state index >= 15 is 0 Å². The normalized spacial score (nSPS) is 11.7. The first-order chi connectivity index (χ1) is 10.5. The first-order valence-corrected chi connectivity index (χ1v) is 7.87. The van der Waals surface area contributed by atoms with Crippen molar-refractivity contribution in [2.24, 2.45) is 0 Å². The van der Waals surface area contributed by atoms with Crippen LogP contribution in [0, 0.1) is 11.3 Å². The number of hydrogen-bond donors (Lipinski definition) is 2. The lowest BCUT2D eigenvalue weighted by molar-refractivity contribution is -0.115. The average Bonchev–Trinajstić information content (AvgIpc) is 2.95. The number of nitriles is 1. The van der Waals surface area contributed by atoms with Crippen molar-refractivity contribution in [1.29, 1.82) is 5.26 Å². The third-order valence-electron chi connectivity index (χ3n) is 2.85. The van der Waals surface area contributed by atoms with Crippen molar-refractivity contribution in [3.8, 4) is 6.07 Å². The molecule has 22 heavy (non-hydrogen) atoms. The predicted octanol–water partition coefficient (Wildman–Crippen LogP) is 3.01. The molecular weight excluding hydrogens is 322 g/mol. The molecule has 0 bridgehead atoms. The molecule has 0 saturated heterocycles. The zero-order chi connectivity index (χ0) is 16.1. The van der Waals surface area contributed by atoms with E-state index < -0.39 is 0 Å². The first kappa shape index (κ1) is 16.3. The Hall–Kier alpha value is -2.04. The number of aryl methyl sites for hydroxylation is 1. The smallest absolute Gasteiger partial charge is 0.237 e. The van der Waals surface area contributed by atoms with Gasteiger partial charge in [-0.05, 0) is 25.1 Å². The van der Waals surface area contributed by atoms with Gasteiger partial charge in [0.05, 0.1) is 15.8 Å². The standard InChI is InChI=1S/C14H14ClN5OS/c1-3-12-18-14(20-19-12)22-8(2)13(21)17-10-5-4-9(7-16)11(15)6-10/h4-6,8H,3H2,1-2H3,(H,17,21)(H,18,19,20)/t8-/m0/s1. The van der Waals surface area contributed by atoms with Gasteiger partial charge < -0.3 is 5.32 Å². The second kappa shape index (κ2) is 7.29. The molecule has 8 heteroatoms. The number of halogens is 1. The molecule has 0 aliphatic carbocycles. The van der Waals surface area contributed by atoms with Gasteiger partial charge in [0.1, 0.15) is 11.9 Å². The number of rotatable bonds is 5. The second-order valence-corrected chi connectivity index (χ2v) is 6.19. The highest BCUT2D eigenvalue weighted by molar-refractivity contribution is 8.00. The highest BCUT2D eigenvalue weighted by Crippen LogP contribution is 2.23.